The van der Waals surface area contributed by atoms with E-state index in [1.165, 1.54) is 6.08 Å². The first kappa shape index (κ1) is 14.6. The maximum Gasteiger partial charge on any atom is 0.245 e. The number of likely N-dealkylation sites (N-methyl/N-ethyl adjacent to an activating group) is 1. The number of rotatable bonds is 6. The lowest BCUT2D eigenvalue weighted by atomic mass is 10.2. The minimum absolute atomic E-state index is 0.128. The molecule has 1 rings (SSSR count). The van der Waals surface area contributed by atoms with Crippen LogP contribution in [0.3, 0.4) is 0 Å². The van der Waals surface area contributed by atoms with Crippen molar-refractivity contribution in [2.45, 2.75) is 19.9 Å². The zero-order chi connectivity index (χ0) is 13.5. The minimum Gasteiger partial charge on any atom is -0.492 e. The molecule has 4 heteroatoms. The van der Waals surface area contributed by atoms with Crippen LogP contribution < -0.4 is 4.74 Å². The van der Waals surface area contributed by atoms with Crippen molar-refractivity contribution < 1.29 is 9.53 Å². The van der Waals surface area contributed by atoms with Gasteiger partial charge in [0.1, 0.15) is 5.75 Å². The van der Waals surface area contributed by atoms with Crippen LogP contribution >= 0.6 is 11.6 Å². The SMILES string of the molecule is C=CC(=O)N(C)Cc1cccc(Cl)c1OCCC. The molecule has 0 atom stereocenters. The molecular weight excluding hydrogens is 250 g/mol. The van der Waals surface area contributed by atoms with Crippen molar-refractivity contribution in [2.24, 2.45) is 0 Å². The summed E-state index contributed by atoms with van der Waals surface area (Å²) in [5, 5.41) is 0.570. The van der Waals surface area contributed by atoms with Crippen LogP contribution in [0.4, 0.5) is 0 Å². The number of amides is 1. The normalized spacial score (nSPS) is 9.94. The monoisotopic (exact) mass is 267 g/mol. The summed E-state index contributed by atoms with van der Waals surface area (Å²) in [5.41, 5.74) is 0.897. The van der Waals surface area contributed by atoms with Gasteiger partial charge in [-0.05, 0) is 18.6 Å². The summed E-state index contributed by atoms with van der Waals surface area (Å²) < 4.78 is 5.64. The number of hydrogen-bond donors (Lipinski definition) is 0. The second-order valence-electron chi connectivity index (χ2n) is 3.97. The zero-order valence-corrected chi connectivity index (χ0v) is 11.5. The molecule has 0 fully saturated rings. The summed E-state index contributed by atoms with van der Waals surface area (Å²) in [7, 11) is 1.72. The van der Waals surface area contributed by atoms with E-state index < -0.39 is 0 Å². The molecule has 3 nitrogen and oxygen atoms in total. The Kier molecular flexibility index (Phi) is 5.72. The molecule has 0 unspecified atom stereocenters. The number of carbonyl (C=O) groups is 1. The van der Waals surface area contributed by atoms with Gasteiger partial charge in [0.15, 0.2) is 0 Å². The van der Waals surface area contributed by atoms with Crippen molar-refractivity contribution in [3.63, 3.8) is 0 Å². The molecule has 1 aromatic carbocycles. The highest BCUT2D eigenvalue weighted by molar-refractivity contribution is 6.32. The first-order chi connectivity index (χ1) is 8.60. The van der Waals surface area contributed by atoms with Gasteiger partial charge in [0.2, 0.25) is 5.91 Å². The predicted molar refractivity (Wildman–Crippen MR) is 73.9 cm³/mol. The fourth-order valence-corrected chi connectivity index (χ4v) is 1.78. The van der Waals surface area contributed by atoms with Gasteiger partial charge in [0, 0.05) is 19.2 Å². The number of benzene rings is 1. The van der Waals surface area contributed by atoms with Crippen molar-refractivity contribution in [1.29, 1.82) is 0 Å². The Morgan fingerprint density at radius 2 is 2.28 bits per heavy atom. The highest BCUT2D eigenvalue weighted by atomic mass is 35.5. The van der Waals surface area contributed by atoms with Crippen molar-refractivity contribution in [2.75, 3.05) is 13.7 Å². The Labute approximate surface area is 113 Å². The molecule has 1 amide bonds. The third kappa shape index (κ3) is 3.77. The van der Waals surface area contributed by atoms with Crippen molar-refractivity contribution in [1.82, 2.24) is 4.90 Å². The van der Waals surface area contributed by atoms with Gasteiger partial charge in [-0.2, -0.15) is 0 Å². The van der Waals surface area contributed by atoms with Gasteiger partial charge in [-0.3, -0.25) is 4.79 Å². The van der Waals surface area contributed by atoms with Crippen LogP contribution in [0.1, 0.15) is 18.9 Å². The highest BCUT2D eigenvalue weighted by Gasteiger charge is 2.12. The van der Waals surface area contributed by atoms with Crippen molar-refractivity contribution in [3.05, 3.63) is 41.4 Å². The number of nitrogens with zero attached hydrogens (tertiary/aromatic N) is 1. The highest BCUT2D eigenvalue weighted by Crippen LogP contribution is 2.29. The molecule has 0 radical (unpaired) electrons. The zero-order valence-electron chi connectivity index (χ0n) is 10.8. The van der Waals surface area contributed by atoms with Crippen molar-refractivity contribution >= 4 is 17.5 Å². The molecule has 0 aliphatic rings. The maximum absolute atomic E-state index is 11.5. The van der Waals surface area contributed by atoms with Gasteiger partial charge in [0.25, 0.3) is 0 Å². The van der Waals surface area contributed by atoms with Crippen LogP contribution in [0, 0.1) is 0 Å². The molecule has 0 bridgehead atoms. The molecule has 0 aromatic heterocycles. The second kappa shape index (κ2) is 7.07. The molecule has 1 aromatic rings. The topological polar surface area (TPSA) is 29.5 Å². The van der Waals surface area contributed by atoms with Crippen LogP contribution in [0.25, 0.3) is 0 Å². The molecule has 0 N–H and O–H groups in total. The van der Waals surface area contributed by atoms with E-state index in [1.807, 2.05) is 19.1 Å². The van der Waals surface area contributed by atoms with Crippen LogP contribution in [-0.4, -0.2) is 24.5 Å². The Balaban J connectivity index is 2.90. The quantitative estimate of drug-likeness (QED) is 0.741. The lowest BCUT2D eigenvalue weighted by Gasteiger charge is -2.18. The van der Waals surface area contributed by atoms with Crippen LogP contribution in [0.15, 0.2) is 30.9 Å². The van der Waals surface area contributed by atoms with E-state index >= 15 is 0 Å². The minimum atomic E-state index is -0.128. The van der Waals surface area contributed by atoms with Gasteiger partial charge in [-0.15, -0.1) is 0 Å². The summed E-state index contributed by atoms with van der Waals surface area (Å²) in [4.78, 5) is 13.0. The Morgan fingerprint density at radius 1 is 1.56 bits per heavy atom. The molecular formula is C14H18ClNO2. The van der Waals surface area contributed by atoms with Crippen LogP contribution in [0.2, 0.25) is 5.02 Å². The average molecular weight is 268 g/mol. The fraction of sp³-hybridized carbons (Fsp3) is 0.357. The van der Waals surface area contributed by atoms with Crippen molar-refractivity contribution in [3.8, 4) is 5.75 Å². The molecule has 98 valence electrons. The van der Waals surface area contributed by atoms with E-state index in [0.29, 0.717) is 23.9 Å². The first-order valence-electron chi connectivity index (χ1n) is 5.87. The fourth-order valence-electron chi connectivity index (χ4n) is 1.53. The Morgan fingerprint density at radius 3 is 2.89 bits per heavy atom. The Hall–Kier alpha value is -1.48. The molecule has 0 saturated carbocycles. The summed E-state index contributed by atoms with van der Waals surface area (Å²) >= 11 is 6.11. The Bertz CT molecular complexity index is 432. The number of ether oxygens (including phenoxy) is 1. The first-order valence-corrected chi connectivity index (χ1v) is 6.25. The number of hydrogen-bond acceptors (Lipinski definition) is 2. The number of para-hydroxylation sites is 1. The molecule has 18 heavy (non-hydrogen) atoms. The van der Waals surface area contributed by atoms with E-state index in [2.05, 4.69) is 6.58 Å². The van der Waals surface area contributed by atoms with E-state index in [4.69, 9.17) is 16.3 Å². The largest absolute Gasteiger partial charge is 0.492 e. The number of carbonyl (C=O) groups excluding carboxylic acids is 1. The van der Waals surface area contributed by atoms with Crippen LogP contribution in [-0.2, 0) is 11.3 Å². The van der Waals surface area contributed by atoms with Gasteiger partial charge >= 0.3 is 0 Å². The van der Waals surface area contributed by atoms with Gasteiger partial charge in [-0.25, -0.2) is 0 Å². The van der Waals surface area contributed by atoms with Gasteiger partial charge in [0.05, 0.1) is 11.6 Å². The lowest BCUT2D eigenvalue weighted by Crippen LogP contribution is -2.24. The second-order valence-corrected chi connectivity index (χ2v) is 4.38. The van der Waals surface area contributed by atoms with E-state index in [9.17, 15) is 4.79 Å². The summed E-state index contributed by atoms with van der Waals surface area (Å²) in [6.45, 7) is 6.55. The summed E-state index contributed by atoms with van der Waals surface area (Å²) in [5.74, 6) is 0.529. The van der Waals surface area contributed by atoms with E-state index in [-0.39, 0.29) is 5.91 Å². The number of halogens is 1. The molecule has 0 aliphatic heterocycles. The predicted octanol–water partition coefficient (Wildman–Crippen LogP) is 3.27. The van der Waals surface area contributed by atoms with Gasteiger partial charge in [-0.1, -0.05) is 37.2 Å². The van der Waals surface area contributed by atoms with Gasteiger partial charge < -0.3 is 9.64 Å². The lowest BCUT2D eigenvalue weighted by molar-refractivity contribution is -0.125. The smallest absolute Gasteiger partial charge is 0.245 e. The summed E-state index contributed by atoms with van der Waals surface area (Å²) in [6, 6.07) is 5.54. The molecule has 0 heterocycles. The molecule has 0 spiro atoms. The maximum atomic E-state index is 11.5. The summed E-state index contributed by atoms with van der Waals surface area (Å²) in [6.07, 6.45) is 2.20. The third-order valence-corrected chi connectivity index (χ3v) is 2.76. The van der Waals surface area contributed by atoms with E-state index in [0.717, 1.165) is 12.0 Å². The van der Waals surface area contributed by atoms with Crippen LogP contribution in [0.5, 0.6) is 5.75 Å². The molecule has 0 saturated heterocycles. The third-order valence-electron chi connectivity index (χ3n) is 2.46. The standard InChI is InChI=1S/C14H18ClNO2/c1-4-9-18-14-11(7-6-8-12(14)15)10-16(3)13(17)5-2/h5-8H,2,4,9-10H2,1,3H3. The molecule has 0 aliphatic carbocycles. The van der Waals surface area contributed by atoms with E-state index in [1.54, 1.807) is 18.0 Å². The average Bonchev–Trinajstić information content (AvgIpc) is 2.37.